The van der Waals surface area contributed by atoms with Gasteiger partial charge in [0.25, 0.3) is 0 Å². The summed E-state index contributed by atoms with van der Waals surface area (Å²) in [7, 11) is 0. The molecule has 4 fully saturated rings. The van der Waals surface area contributed by atoms with Crippen molar-refractivity contribution in [1.29, 1.82) is 0 Å². The molecule has 0 amide bonds. The van der Waals surface area contributed by atoms with E-state index in [0.717, 1.165) is 69.0 Å². The fourth-order valence-electron chi connectivity index (χ4n) is 10.2. The van der Waals surface area contributed by atoms with Crippen LogP contribution in [-0.2, 0) is 16.6 Å². The van der Waals surface area contributed by atoms with Crippen LogP contribution < -0.4 is 0 Å². The van der Waals surface area contributed by atoms with Crippen LogP contribution in [0.3, 0.4) is 0 Å². The van der Waals surface area contributed by atoms with E-state index in [4.69, 9.17) is 4.52 Å². The Bertz CT molecular complexity index is 1040. The van der Waals surface area contributed by atoms with Gasteiger partial charge in [0.05, 0.1) is 17.7 Å². The summed E-state index contributed by atoms with van der Waals surface area (Å²) in [6, 6.07) is 0. The summed E-state index contributed by atoms with van der Waals surface area (Å²) < 4.78 is 5.79. The highest BCUT2D eigenvalue weighted by atomic mass is 16.5. The zero-order valence-corrected chi connectivity index (χ0v) is 22.3. The van der Waals surface area contributed by atoms with Gasteiger partial charge in [0.15, 0.2) is 0 Å². The van der Waals surface area contributed by atoms with Crippen molar-refractivity contribution < 1.29 is 14.4 Å². The molecule has 4 saturated carbocycles. The van der Waals surface area contributed by atoms with Gasteiger partial charge in [0, 0.05) is 23.3 Å². The van der Waals surface area contributed by atoms with E-state index in [0.29, 0.717) is 24.0 Å². The second-order valence-electron chi connectivity index (χ2n) is 14.8. The number of carbonyl (C=O) groups is 1. The van der Waals surface area contributed by atoms with Crippen molar-refractivity contribution in [1.82, 2.24) is 5.16 Å². The molecule has 0 bridgehead atoms. The monoisotopic (exact) mass is 465 g/mol. The summed E-state index contributed by atoms with van der Waals surface area (Å²) >= 11 is 0. The lowest BCUT2D eigenvalue weighted by Crippen LogP contribution is -2.68. The lowest BCUT2D eigenvalue weighted by molar-refractivity contribution is -0.184. The molecule has 4 nitrogen and oxygen atoms in total. The molecule has 1 aromatic rings. The molecule has 1 aromatic heterocycles. The third-order valence-electron chi connectivity index (χ3n) is 12.2. The van der Waals surface area contributed by atoms with E-state index in [9.17, 15) is 9.90 Å². The van der Waals surface area contributed by atoms with E-state index in [1.165, 1.54) is 5.56 Å². The van der Waals surface area contributed by atoms with Gasteiger partial charge in [0.1, 0.15) is 11.5 Å². The normalized spacial score (nSPS) is 47.7. The van der Waals surface area contributed by atoms with Crippen LogP contribution in [0.5, 0.6) is 0 Å². The SMILES string of the molecule is CC1(C)CC[C@]2(O)CC[C@]3(C)[C]([C]2C1)C(=O)C[C@@H]1[C@@]2(C)Cc4cnoc4C(C)(C)[C@@H]2CC[C@]13C. The summed E-state index contributed by atoms with van der Waals surface area (Å²) in [5.74, 6) is 4.33. The average Bonchev–Trinajstić information content (AvgIpc) is 3.20. The first-order chi connectivity index (χ1) is 15.7. The van der Waals surface area contributed by atoms with E-state index in [1.54, 1.807) is 0 Å². The number of nitrogens with zero attached hydrogens (tertiary/aromatic N) is 1. The number of hydrogen-bond donors (Lipinski definition) is 1. The van der Waals surface area contributed by atoms with Gasteiger partial charge in [-0.05, 0) is 84.9 Å². The third-order valence-corrected chi connectivity index (χ3v) is 12.2. The quantitative estimate of drug-likeness (QED) is 0.481. The van der Waals surface area contributed by atoms with E-state index in [-0.39, 0.29) is 27.1 Å². The van der Waals surface area contributed by atoms with E-state index < -0.39 is 5.60 Å². The second-order valence-corrected chi connectivity index (χ2v) is 14.8. The number of aromatic nitrogens is 1. The molecule has 0 unspecified atom stereocenters. The molecule has 34 heavy (non-hydrogen) atoms. The van der Waals surface area contributed by atoms with Crippen LogP contribution in [0.25, 0.3) is 0 Å². The summed E-state index contributed by atoms with van der Waals surface area (Å²) in [4.78, 5) is 14.2. The summed E-state index contributed by atoms with van der Waals surface area (Å²) in [6.45, 7) is 16.6. The van der Waals surface area contributed by atoms with Crippen molar-refractivity contribution in [2.75, 3.05) is 0 Å². The Balaban J connectivity index is 1.45. The zero-order valence-electron chi connectivity index (χ0n) is 22.3. The fraction of sp³-hybridized carbons (Fsp3) is 0.800. The largest absolute Gasteiger partial charge is 0.389 e. The van der Waals surface area contributed by atoms with Gasteiger partial charge in [-0.1, -0.05) is 53.6 Å². The van der Waals surface area contributed by atoms with Gasteiger partial charge in [0.2, 0.25) is 0 Å². The molecule has 4 heteroatoms. The Morgan fingerprint density at radius 1 is 0.941 bits per heavy atom. The van der Waals surface area contributed by atoms with Crippen LogP contribution in [0.4, 0.5) is 0 Å². The molecule has 0 saturated heterocycles. The number of fused-ring (bicyclic) bond motifs is 8. The first-order valence-corrected chi connectivity index (χ1v) is 13.6. The van der Waals surface area contributed by atoms with Gasteiger partial charge < -0.3 is 9.63 Å². The van der Waals surface area contributed by atoms with Crippen LogP contribution in [0.15, 0.2) is 10.7 Å². The Hall–Kier alpha value is -1.16. The smallest absolute Gasteiger partial charge is 0.145 e. The Labute approximate surface area is 205 Å². The zero-order chi connectivity index (χ0) is 24.5. The average molecular weight is 466 g/mol. The predicted octanol–water partition coefficient (Wildman–Crippen LogP) is 6.41. The first kappa shape index (κ1) is 23.3. The molecule has 0 spiro atoms. The number of hydrogen-bond acceptors (Lipinski definition) is 4. The number of aliphatic hydroxyl groups is 1. The molecule has 1 heterocycles. The predicted molar refractivity (Wildman–Crippen MR) is 132 cm³/mol. The molecule has 0 aliphatic heterocycles. The van der Waals surface area contributed by atoms with Crippen LogP contribution >= 0.6 is 0 Å². The maximum atomic E-state index is 14.2. The van der Waals surface area contributed by atoms with Crippen LogP contribution in [0.1, 0.15) is 111 Å². The Kier molecular flexibility index (Phi) is 4.50. The van der Waals surface area contributed by atoms with Gasteiger partial charge in [-0.3, -0.25) is 4.79 Å². The Morgan fingerprint density at radius 2 is 1.65 bits per heavy atom. The number of carbonyl (C=O) groups excluding carboxylic acids is 1. The lowest BCUT2D eigenvalue weighted by Gasteiger charge is -2.71. The maximum absolute atomic E-state index is 14.2. The van der Waals surface area contributed by atoms with E-state index in [2.05, 4.69) is 53.6 Å². The standard InChI is InChI=1S/C30H43NO3/c1-25(2)10-12-30(33)13-11-29(7)23(19(30)16-25)20(32)14-22-27(5)15-18-17-31-34-24(18)26(3,4)21(27)8-9-28(22,29)6/h17,21-22,33H,8-16H2,1-7H3/t21-,22+,27-,28+,29+,30-/m0/s1. The topological polar surface area (TPSA) is 63.3 Å². The third kappa shape index (κ3) is 2.65. The van der Waals surface area contributed by atoms with E-state index >= 15 is 0 Å². The van der Waals surface area contributed by atoms with Crippen molar-refractivity contribution in [3.05, 3.63) is 29.4 Å². The molecule has 2 radical (unpaired) electrons. The summed E-state index contributed by atoms with van der Waals surface area (Å²) in [5.41, 5.74) is 0.437. The van der Waals surface area contributed by atoms with Crippen LogP contribution in [0.2, 0.25) is 0 Å². The van der Waals surface area contributed by atoms with Gasteiger partial charge in [-0.2, -0.15) is 0 Å². The Morgan fingerprint density at radius 3 is 2.38 bits per heavy atom. The van der Waals surface area contributed by atoms with Crippen LogP contribution in [0, 0.1) is 45.3 Å². The lowest BCUT2D eigenvalue weighted by atomic mass is 9.32. The summed E-state index contributed by atoms with van der Waals surface area (Å²) in [5, 5.41) is 15.9. The number of ketones is 1. The highest BCUT2D eigenvalue weighted by molar-refractivity contribution is 5.98. The highest BCUT2D eigenvalue weighted by Crippen LogP contribution is 2.75. The summed E-state index contributed by atoms with van der Waals surface area (Å²) in [6.07, 6.45) is 10.2. The van der Waals surface area contributed by atoms with Crippen molar-refractivity contribution in [3.8, 4) is 0 Å². The van der Waals surface area contributed by atoms with Crippen molar-refractivity contribution in [2.24, 2.45) is 33.5 Å². The molecular weight excluding hydrogens is 422 g/mol. The molecular formula is C30H43NO3. The number of rotatable bonds is 0. The van der Waals surface area contributed by atoms with Crippen molar-refractivity contribution in [3.63, 3.8) is 0 Å². The molecule has 186 valence electrons. The molecule has 5 aliphatic carbocycles. The molecule has 1 N–H and O–H groups in total. The minimum atomic E-state index is -0.769. The molecule has 6 atom stereocenters. The molecule has 5 aliphatic rings. The van der Waals surface area contributed by atoms with Crippen molar-refractivity contribution in [2.45, 2.75) is 117 Å². The highest BCUT2D eigenvalue weighted by Gasteiger charge is 2.72. The van der Waals surface area contributed by atoms with Gasteiger partial charge in [-0.15, -0.1) is 0 Å². The second kappa shape index (κ2) is 6.58. The number of Topliss-reactive ketones (excluding diaryl/α,β-unsaturated/α-hetero) is 1. The van der Waals surface area contributed by atoms with E-state index in [1.807, 2.05) is 6.20 Å². The van der Waals surface area contributed by atoms with Gasteiger partial charge in [-0.25, -0.2) is 0 Å². The van der Waals surface area contributed by atoms with Crippen molar-refractivity contribution >= 4 is 5.78 Å². The minimum absolute atomic E-state index is 0.0313. The maximum Gasteiger partial charge on any atom is 0.145 e. The molecule has 0 aromatic carbocycles. The first-order valence-electron chi connectivity index (χ1n) is 13.6. The minimum Gasteiger partial charge on any atom is -0.389 e. The van der Waals surface area contributed by atoms with Crippen LogP contribution in [-0.4, -0.2) is 21.6 Å². The molecule has 6 rings (SSSR count). The van der Waals surface area contributed by atoms with Gasteiger partial charge >= 0.3 is 0 Å². The fourth-order valence-corrected chi connectivity index (χ4v) is 10.2.